The number of aliphatic imine (C=N–C) groups is 1. The van der Waals surface area contributed by atoms with Crippen molar-refractivity contribution in [3.05, 3.63) is 70.3 Å². The van der Waals surface area contributed by atoms with Gasteiger partial charge in [0.2, 0.25) is 0 Å². The average Bonchev–Trinajstić information content (AvgIpc) is 3.27. The van der Waals surface area contributed by atoms with E-state index in [2.05, 4.69) is 52.0 Å². The van der Waals surface area contributed by atoms with Crippen LogP contribution in [-0.2, 0) is 5.41 Å². The van der Waals surface area contributed by atoms with E-state index in [1.165, 1.54) is 11.1 Å². The molecule has 1 saturated carbocycles. The molecule has 4 heteroatoms. The summed E-state index contributed by atoms with van der Waals surface area (Å²) < 4.78 is 0. The second-order valence-corrected chi connectivity index (χ2v) is 10.1. The molecular weight excluding hydrogens is 388 g/mol. The molecule has 0 unspecified atom stereocenters. The first-order valence-electron chi connectivity index (χ1n) is 10.8. The molecule has 1 heterocycles. The molecule has 1 aliphatic carbocycles. The van der Waals surface area contributed by atoms with Crippen LogP contribution in [0.3, 0.4) is 0 Å². The Morgan fingerprint density at radius 2 is 1.63 bits per heavy atom. The summed E-state index contributed by atoms with van der Waals surface area (Å²) in [6.45, 7) is 10.7. The Kier molecular flexibility index (Phi) is 5.17. The Balaban J connectivity index is 1.72. The average molecular weight is 419 g/mol. The molecule has 2 aliphatic rings. The van der Waals surface area contributed by atoms with Gasteiger partial charge in [-0.1, -0.05) is 63.3 Å². The number of benzene rings is 2. The summed E-state index contributed by atoms with van der Waals surface area (Å²) in [7, 11) is 0. The van der Waals surface area contributed by atoms with Crippen LogP contribution in [-0.4, -0.2) is 27.2 Å². The number of amides is 1. The molecule has 1 spiro atoms. The minimum Gasteiger partial charge on any atom is -0.271 e. The molecule has 1 aliphatic heterocycles. The molecule has 0 bridgehead atoms. The quantitative estimate of drug-likeness (QED) is 0.549. The molecular formula is C26H30N2OS. The zero-order chi connectivity index (χ0) is 21.7. The fourth-order valence-corrected chi connectivity index (χ4v) is 4.89. The van der Waals surface area contributed by atoms with Gasteiger partial charge in [-0.15, -0.1) is 0 Å². The van der Waals surface area contributed by atoms with Gasteiger partial charge in [-0.05, 0) is 73.8 Å². The molecule has 30 heavy (non-hydrogen) atoms. The number of rotatable bonds is 2. The number of nitrogens with zero attached hydrogens (tertiary/aromatic N) is 2. The summed E-state index contributed by atoms with van der Waals surface area (Å²) in [6.07, 6.45) is 3.87. The Bertz CT molecular complexity index is 1040. The molecule has 2 aromatic rings. The van der Waals surface area contributed by atoms with Crippen molar-refractivity contribution in [2.45, 2.75) is 71.4 Å². The van der Waals surface area contributed by atoms with Crippen LogP contribution < -0.4 is 0 Å². The number of hydrogen-bond acceptors (Lipinski definition) is 3. The van der Waals surface area contributed by atoms with Gasteiger partial charge in [0, 0.05) is 11.1 Å². The van der Waals surface area contributed by atoms with Crippen molar-refractivity contribution in [3.8, 4) is 0 Å². The van der Waals surface area contributed by atoms with E-state index in [1.807, 2.05) is 30.0 Å². The zero-order valence-corrected chi connectivity index (χ0v) is 19.4. The fourth-order valence-electron chi connectivity index (χ4n) is 4.48. The van der Waals surface area contributed by atoms with Crippen LogP contribution in [0.1, 0.15) is 79.1 Å². The van der Waals surface area contributed by atoms with Crippen molar-refractivity contribution in [1.82, 2.24) is 4.90 Å². The lowest BCUT2D eigenvalue weighted by Crippen LogP contribution is -2.48. The molecule has 2 aromatic carbocycles. The van der Waals surface area contributed by atoms with E-state index in [0.29, 0.717) is 10.6 Å². The maximum absolute atomic E-state index is 13.6. The van der Waals surface area contributed by atoms with Crippen LogP contribution in [0.4, 0.5) is 0 Å². The molecule has 156 valence electrons. The van der Waals surface area contributed by atoms with Crippen LogP contribution >= 0.6 is 12.2 Å². The topological polar surface area (TPSA) is 32.7 Å². The van der Waals surface area contributed by atoms with Gasteiger partial charge < -0.3 is 0 Å². The zero-order valence-electron chi connectivity index (χ0n) is 18.6. The Labute approximate surface area is 185 Å². The highest BCUT2D eigenvalue weighted by atomic mass is 32.1. The first-order chi connectivity index (χ1) is 14.1. The molecule has 3 nitrogen and oxygen atoms in total. The Morgan fingerprint density at radius 3 is 2.20 bits per heavy atom. The van der Waals surface area contributed by atoms with Gasteiger partial charge in [-0.25, -0.2) is 0 Å². The number of carbonyl (C=O) groups excluding carboxylic acids is 1. The van der Waals surface area contributed by atoms with Gasteiger partial charge in [0.25, 0.3) is 5.91 Å². The largest absolute Gasteiger partial charge is 0.271 e. The fraction of sp³-hybridized carbons (Fsp3) is 0.423. The maximum atomic E-state index is 13.6. The second-order valence-electron chi connectivity index (χ2n) is 9.72. The minimum atomic E-state index is -0.523. The monoisotopic (exact) mass is 418 g/mol. The highest BCUT2D eigenvalue weighted by molar-refractivity contribution is 7.82. The third-order valence-corrected chi connectivity index (χ3v) is 6.90. The van der Waals surface area contributed by atoms with E-state index in [-0.39, 0.29) is 11.3 Å². The smallest absolute Gasteiger partial charge is 0.260 e. The third kappa shape index (κ3) is 3.51. The van der Waals surface area contributed by atoms with E-state index in [4.69, 9.17) is 17.2 Å². The van der Waals surface area contributed by atoms with Crippen LogP contribution in [0.5, 0.6) is 0 Å². The van der Waals surface area contributed by atoms with Crippen LogP contribution in [0.2, 0.25) is 0 Å². The highest BCUT2D eigenvalue weighted by Crippen LogP contribution is 2.42. The van der Waals surface area contributed by atoms with E-state index < -0.39 is 5.66 Å². The van der Waals surface area contributed by atoms with Crippen molar-refractivity contribution < 1.29 is 4.79 Å². The molecule has 0 atom stereocenters. The Hall–Kier alpha value is -2.33. The summed E-state index contributed by atoms with van der Waals surface area (Å²) in [5.41, 5.74) is 5.60. The summed E-state index contributed by atoms with van der Waals surface area (Å²) in [6, 6.07) is 14.4. The number of hydrogen-bond donors (Lipinski definition) is 0. The molecule has 0 N–H and O–H groups in total. The predicted octanol–water partition coefficient (Wildman–Crippen LogP) is 6.14. The maximum Gasteiger partial charge on any atom is 0.260 e. The van der Waals surface area contributed by atoms with E-state index in [0.717, 1.165) is 42.5 Å². The van der Waals surface area contributed by atoms with Gasteiger partial charge in [-0.3, -0.25) is 14.7 Å². The number of aryl methyl sites for hydroxylation is 2. The second kappa shape index (κ2) is 7.42. The van der Waals surface area contributed by atoms with Gasteiger partial charge in [0.15, 0.2) is 0 Å². The van der Waals surface area contributed by atoms with Crippen molar-refractivity contribution in [1.29, 1.82) is 0 Å². The van der Waals surface area contributed by atoms with Gasteiger partial charge in [-0.2, -0.15) is 0 Å². The summed E-state index contributed by atoms with van der Waals surface area (Å²) in [5.74, 6) is -0.0324. The minimum absolute atomic E-state index is 0.0324. The Morgan fingerprint density at radius 1 is 1.00 bits per heavy atom. The lowest BCUT2D eigenvalue weighted by molar-refractivity contribution is 0.0724. The summed E-state index contributed by atoms with van der Waals surface area (Å²) >= 11 is 5.87. The summed E-state index contributed by atoms with van der Waals surface area (Å²) in [4.78, 5) is 21.1. The molecule has 0 aromatic heterocycles. The lowest BCUT2D eigenvalue weighted by Gasteiger charge is -2.32. The normalized spacial score (nSPS) is 18.2. The van der Waals surface area contributed by atoms with E-state index in [1.54, 1.807) is 0 Å². The third-order valence-electron chi connectivity index (χ3n) is 6.53. The molecule has 4 rings (SSSR count). The molecule has 0 radical (unpaired) electrons. The van der Waals surface area contributed by atoms with Crippen LogP contribution in [0, 0.1) is 13.8 Å². The highest BCUT2D eigenvalue weighted by Gasteiger charge is 2.50. The van der Waals surface area contributed by atoms with Crippen LogP contribution in [0.25, 0.3) is 0 Å². The van der Waals surface area contributed by atoms with Crippen molar-refractivity contribution in [2.24, 2.45) is 4.99 Å². The SMILES string of the molecule is Cc1ccc(C(=O)N2C(=S)C(c3ccc(C(C)(C)C)cc3)=NC23CCCC3)cc1C. The summed E-state index contributed by atoms with van der Waals surface area (Å²) in [5, 5.41) is 0. The van der Waals surface area contributed by atoms with Crippen LogP contribution in [0.15, 0.2) is 47.5 Å². The lowest BCUT2D eigenvalue weighted by atomic mass is 9.86. The molecule has 0 saturated heterocycles. The van der Waals surface area contributed by atoms with Gasteiger partial charge in [0.1, 0.15) is 16.4 Å². The standard InChI is InChI=1S/C26H30N2OS/c1-17-8-9-20(16-18(17)2)23(29)28-24(30)22(27-26(28)14-6-7-15-26)19-10-12-21(13-11-19)25(3,4)5/h8-13,16H,6-7,14-15H2,1-5H3. The molecule has 1 amide bonds. The number of carbonyl (C=O) groups is 1. The first-order valence-corrected chi connectivity index (χ1v) is 11.2. The van der Waals surface area contributed by atoms with Crippen molar-refractivity contribution >= 4 is 28.8 Å². The van der Waals surface area contributed by atoms with Gasteiger partial charge >= 0.3 is 0 Å². The van der Waals surface area contributed by atoms with Gasteiger partial charge in [0.05, 0.1) is 0 Å². The van der Waals surface area contributed by atoms with E-state index >= 15 is 0 Å². The number of thiocarbonyl (C=S) groups is 1. The van der Waals surface area contributed by atoms with E-state index in [9.17, 15) is 4.79 Å². The van der Waals surface area contributed by atoms with Crippen molar-refractivity contribution in [3.63, 3.8) is 0 Å². The van der Waals surface area contributed by atoms with Crippen molar-refractivity contribution in [2.75, 3.05) is 0 Å². The molecule has 1 fully saturated rings. The first kappa shape index (κ1) is 20.9. The predicted molar refractivity (Wildman–Crippen MR) is 128 cm³/mol.